The molecule has 1 aromatic heterocycles. The van der Waals surface area contributed by atoms with E-state index >= 15 is 0 Å². The SMILES string of the molecule is CC(C)c1ccccc1OCCCn1c(CCNC(=O)C2CCCCC2)nc2ccccc21. The zero-order chi connectivity index (χ0) is 23.0. The Morgan fingerprint density at radius 3 is 2.67 bits per heavy atom. The van der Waals surface area contributed by atoms with Crippen molar-refractivity contribution in [2.45, 2.75) is 71.3 Å². The van der Waals surface area contributed by atoms with Gasteiger partial charge >= 0.3 is 0 Å². The van der Waals surface area contributed by atoms with Gasteiger partial charge in [0.25, 0.3) is 0 Å². The van der Waals surface area contributed by atoms with E-state index in [0.717, 1.165) is 54.8 Å². The van der Waals surface area contributed by atoms with Crippen LogP contribution in [0, 0.1) is 5.92 Å². The molecule has 1 amide bonds. The van der Waals surface area contributed by atoms with Gasteiger partial charge in [0.2, 0.25) is 5.91 Å². The number of carbonyl (C=O) groups is 1. The number of amides is 1. The lowest BCUT2D eigenvalue weighted by Crippen LogP contribution is -2.33. The highest BCUT2D eigenvalue weighted by molar-refractivity contribution is 5.78. The number of hydrogen-bond donors (Lipinski definition) is 1. The number of fused-ring (bicyclic) bond motifs is 1. The van der Waals surface area contributed by atoms with Crippen LogP contribution in [0.15, 0.2) is 48.5 Å². The van der Waals surface area contributed by atoms with Gasteiger partial charge < -0.3 is 14.6 Å². The van der Waals surface area contributed by atoms with Crippen LogP contribution >= 0.6 is 0 Å². The number of nitrogens with zero attached hydrogens (tertiary/aromatic N) is 2. The number of hydrogen-bond acceptors (Lipinski definition) is 3. The Kier molecular flexibility index (Phi) is 8.03. The third-order valence-corrected chi connectivity index (χ3v) is 6.68. The fraction of sp³-hybridized carbons (Fsp3) is 0.500. The van der Waals surface area contributed by atoms with Crippen LogP contribution in [0.25, 0.3) is 11.0 Å². The van der Waals surface area contributed by atoms with Gasteiger partial charge in [-0.05, 0) is 48.9 Å². The molecule has 33 heavy (non-hydrogen) atoms. The van der Waals surface area contributed by atoms with Gasteiger partial charge in [0.1, 0.15) is 11.6 Å². The van der Waals surface area contributed by atoms with Crippen LogP contribution in [0.5, 0.6) is 5.75 Å². The van der Waals surface area contributed by atoms with Crippen LogP contribution in [0.1, 0.15) is 69.7 Å². The average molecular weight is 448 g/mol. The summed E-state index contributed by atoms with van der Waals surface area (Å²) in [5, 5.41) is 3.16. The lowest BCUT2D eigenvalue weighted by Gasteiger charge is -2.20. The Labute approximate surface area is 197 Å². The van der Waals surface area contributed by atoms with Crippen molar-refractivity contribution in [1.82, 2.24) is 14.9 Å². The molecule has 3 aromatic rings. The molecule has 0 bridgehead atoms. The molecule has 0 saturated heterocycles. The van der Waals surface area contributed by atoms with Crippen LogP contribution in [0.4, 0.5) is 0 Å². The van der Waals surface area contributed by atoms with Gasteiger partial charge in [-0.3, -0.25) is 4.79 Å². The summed E-state index contributed by atoms with van der Waals surface area (Å²) < 4.78 is 8.43. The lowest BCUT2D eigenvalue weighted by atomic mass is 9.89. The highest BCUT2D eigenvalue weighted by Crippen LogP contribution is 2.26. The Morgan fingerprint density at radius 2 is 1.85 bits per heavy atom. The number of ether oxygens (including phenoxy) is 1. The fourth-order valence-corrected chi connectivity index (χ4v) is 4.87. The van der Waals surface area contributed by atoms with Crippen molar-refractivity contribution in [3.8, 4) is 5.75 Å². The summed E-state index contributed by atoms with van der Waals surface area (Å²) in [7, 11) is 0. The molecule has 0 atom stereocenters. The van der Waals surface area contributed by atoms with E-state index in [4.69, 9.17) is 9.72 Å². The Balaban J connectivity index is 1.35. The Morgan fingerprint density at radius 1 is 1.09 bits per heavy atom. The van der Waals surface area contributed by atoms with Crippen LogP contribution in [-0.2, 0) is 17.8 Å². The van der Waals surface area contributed by atoms with E-state index in [-0.39, 0.29) is 11.8 Å². The second-order valence-corrected chi connectivity index (χ2v) is 9.44. The van der Waals surface area contributed by atoms with Crippen molar-refractivity contribution in [2.24, 2.45) is 5.92 Å². The number of rotatable bonds is 10. The number of benzene rings is 2. The normalized spacial score (nSPS) is 14.6. The van der Waals surface area contributed by atoms with Crippen molar-refractivity contribution in [1.29, 1.82) is 0 Å². The van der Waals surface area contributed by atoms with E-state index in [9.17, 15) is 4.79 Å². The smallest absolute Gasteiger partial charge is 0.223 e. The molecule has 0 unspecified atom stereocenters. The van der Waals surface area contributed by atoms with Gasteiger partial charge in [-0.1, -0.05) is 63.4 Å². The van der Waals surface area contributed by atoms with Gasteiger partial charge in [-0.15, -0.1) is 0 Å². The topological polar surface area (TPSA) is 56.1 Å². The van der Waals surface area contributed by atoms with Crippen molar-refractivity contribution < 1.29 is 9.53 Å². The largest absolute Gasteiger partial charge is 0.493 e. The molecule has 0 spiro atoms. The molecule has 5 heteroatoms. The molecule has 0 aliphatic heterocycles. The van der Waals surface area contributed by atoms with Gasteiger partial charge in [0.05, 0.1) is 17.6 Å². The van der Waals surface area contributed by atoms with Crippen molar-refractivity contribution in [3.63, 3.8) is 0 Å². The second-order valence-electron chi connectivity index (χ2n) is 9.44. The average Bonchev–Trinajstić information content (AvgIpc) is 3.19. The summed E-state index contributed by atoms with van der Waals surface area (Å²) in [5.74, 6) is 2.86. The predicted molar refractivity (Wildman–Crippen MR) is 134 cm³/mol. The van der Waals surface area contributed by atoms with Crippen molar-refractivity contribution in [2.75, 3.05) is 13.2 Å². The number of nitrogens with one attached hydrogen (secondary N) is 1. The van der Waals surface area contributed by atoms with Crippen molar-refractivity contribution in [3.05, 3.63) is 59.9 Å². The van der Waals surface area contributed by atoms with E-state index in [1.807, 2.05) is 12.1 Å². The molecular weight excluding hydrogens is 410 g/mol. The lowest BCUT2D eigenvalue weighted by molar-refractivity contribution is -0.125. The number of imidazole rings is 1. The number of aryl methyl sites for hydroxylation is 1. The fourth-order valence-electron chi connectivity index (χ4n) is 4.87. The summed E-state index contributed by atoms with van der Waals surface area (Å²) >= 11 is 0. The molecule has 1 aliphatic carbocycles. The molecule has 0 radical (unpaired) electrons. The first kappa shape index (κ1) is 23.3. The highest BCUT2D eigenvalue weighted by Gasteiger charge is 2.21. The van der Waals surface area contributed by atoms with Gasteiger partial charge in [0.15, 0.2) is 0 Å². The summed E-state index contributed by atoms with van der Waals surface area (Å²) in [6.07, 6.45) is 7.32. The minimum absolute atomic E-state index is 0.198. The molecule has 1 saturated carbocycles. The molecular formula is C28H37N3O2. The van der Waals surface area contributed by atoms with Gasteiger partial charge in [-0.25, -0.2) is 4.98 Å². The monoisotopic (exact) mass is 447 g/mol. The Bertz CT molecular complexity index is 1050. The molecule has 2 aromatic carbocycles. The van der Waals surface area contributed by atoms with Gasteiger partial charge in [0, 0.05) is 25.4 Å². The second kappa shape index (κ2) is 11.4. The molecule has 1 aliphatic rings. The quantitative estimate of drug-likeness (QED) is 0.396. The zero-order valence-electron chi connectivity index (χ0n) is 20.1. The van der Waals surface area contributed by atoms with E-state index in [0.29, 0.717) is 19.1 Å². The summed E-state index contributed by atoms with van der Waals surface area (Å²) in [4.78, 5) is 17.4. The summed E-state index contributed by atoms with van der Waals surface area (Å²) in [5.41, 5.74) is 3.41. The van der Waals surface area contributed by atoms with Crippen LogP contribution in [-0.4, -0.2) is 28.6 Å². The van der Waals surface area contributed by atoms with E-state index in [1.165, 1.54) is 24.8 Å². The van der Waals surface area contributed by atoms with Crippen LogP contribution in [0.3, 0.4) is 0 Å². The zero-order valence-corrected chi connectivity index (χ0v) is 20.1. The molecule has 4 rings (SSSR count). The first-order valence-electron chi connectivity index (χ1n) is 12.6. The molecule has 1 N–H and O–H groups in total. The third-order valence-electron chi connectivity index (χ3n) is 6.68. The van der Waals surface area contributed by atoms with Crippen molar-refractivity contribution >= 4 is 16.9 Å². The van der Waals surface area contributed by atoms with E-state index < -0.39 is 0 Å². The maximum absolute atomic E-state index is 12.5. The molecule has 5 nitrogen and oxygen atoms in total. The first-order valence-corrected chi connectivity index (χ1v) is 12.6. The van der Waals surface area contributed by atoms with Crippen LogP contribution < -0.4 is 10.1 Å². The summed E-state index contributed by atoms with van der Waals surface area (Å²) in [6.45, 7) is 6.53. The minimum atomic E-state index is 0.198. The number of carbonyl (C=O) groups excluding carboxylic acids is 1. The standard InChI is InChI=1S/C28H37N3O2/c1-21(2)23-13-6-9-16-26(23)33-20-10-19-31-25-15-8-7-14-24(25)30-27(31)17-18-29-28(32)22-11-4-3-5-12-22/h6-9,13-16,21-22H,3-5,10-12,17-20H2,1-2H3,(H,29,32). The maximum atomic E-state index is 12.5. The minimum Gasteiger partial charge on any atom is -0.493 e. The maximum Gasteiger partial charge on any atom is 0.223 e. The van der Waals surface area contributed by atoms with E-state index in [2.05, 4.69) is 60.1 Å². The Hall–Kier alpha value is -2.82. The highest BCUT2D eigenvalue weighted by atomic mass is 16.5. The molecule has 1 heterocycles. The molecule has 1 fully saturated rings. The van der Waals surface area contributed by atoms with Crippen LogP contribution in [0.2, 0.25) is 0 Å². The molecule has 176 valence electrons. The third kappa shape index (κ3) is 5.95. The first-order chi connectivity index (χ1) is 16.1. The van der Waals surface area contributed by atoms with Gasteiger partial charge in [-0.2, -0.15) is 0 Å². The summed E-state index contributed by atoms with van der Waals surface area (Å²) in [6, 6.07) is 16.6. The van der Waals surface area contributed by atoms with E-state index in [1.54, 1.807) is 0 Å². The predicted octanol–water partition coefficient (Wildman–Crippen LogP) is 5.87. The number of para-hydroxylation sites is 3. The number of aromatic nitrogens is 2.